The summed E-state index contributed by atoms with van der Waals surface area (Å²) < 4.78 is 0. The Morgan fingerprint density at radius 3 is 2.76 bits per heavy atom. The van der Waals surface area contributed by atoms with Gasteiger partial charge < -0.3 is 10.4 Å². The number of nitriles is 1. The normalized spacial score (nSPS) is 10.5. The van der Waals surface area contributed by atoms with Crippen LogP contribution in [0.5, 0.6) is 0 Å². The summed E-state index contributed by atoms with van der Waals surface area (Å²) >= 11 is 0. The first kappa shape index (κ1) is 12.5. The molecule has 0 aromatic heterocycles. The van der Waals surface area contributed by atoms with Gasteiger partial charge in [-0.3, -0.25) is 4.79 Å². The molecule has 0 aliphatic rings. The Hall–Kier alpha value is -2.61. The molecule has 1 aromatic rings. The SMILES string of the molecule is C/C(=C\C(=O)O)C(=O)Nc1cccc(C#N)c1. The van der Waals surface area contributed by atoms with Crippen molar-refractivity contribution in [3.8, 4) is 6.07 Å². The number of nitrogens with zero attached hydrogens (tertiary/aromatic N) is 1. The molecule has 5 heteroatoms. The smallest absolute Gasteiger partial charge is 0.328 e. The van der Waals surface area contributed by atoms with Crippen LogP contribution in [0.3, 0.4) is 0 Å². The topological polar surface area (TPSA) is 90.2 Å². The Morgan fingerprint density at radius 1 is 1.47 bits per heavy atom. The molecule has 0 aliphatic heterocycles. The Morgan fingerprint density at radius 2 is 2.18 bits per heavy atom. The van der Waals surface area contributed by atoms with Gasteiger partial charge in [0.05, 0.1) is 11.6 Å². The van der Waals surface area contributed by atoms with E-state index < -0.39 is 11.9 Å². The molecule has 1 aromatic carbocycles. The van der Waals surface area contributed by atoms with Crippen molar-refractivity contribution in [2.24, 2.45) is 0 Å². The minimum atomic E-state index is -1.18. The number of aliphatic carboxylic acids is 1. The maximum atomic E-state index is 11.5. The molecule has 0 aliphatic carbocycles. The second-order valence-corrected chi connectivity index (χ2v) is 3.31. The zero-order valence-electron chi connectivity index (χ0n) is 9.10. The van der Waals surface area contributed by atoms with E-state index in [9.17, 15) is 9.59 Å². The number of hydrogen-bond donors (Lipinski definition) is 2. The molecule has 0 unspecified atom stereocenters. The fourth-order valence-electron chi connectivity index (χ4n) is 1.15. The van der Waals surface area contributed by atoms with Crippen LogP contribution in [0.15, 0.2) is 35.9 Å². The lowest BCUT2D eigenvalue weighted by atomic mass is 10.2. The zero-order chi connectivity index (χ0) is 12.8. The highest BCUT2D eigenvalue weighted by Gasteiger charge is 2.06. The van der Waals surface area contributed by atoms with Crippen LogP contribution in [0.1, 0.15) is 12.5 Å². The summed E-state index contributed by atoms with van der Waals surface area (Å²) in [5.74, 6) is -1.69. The van der Waals surface area contributed by atoms with E-state index >= 15 is 0 Å². The molecule has 86 valence electrons. The number of rotatable bonds is 3. The van der Waals surface area contributed by atoms with Gasteiger partial charge in [-0.1, -0.05) is 6.07 Å². The summed E-state index contributed by atoms with van der Waals surface area (Å²) in [6, 6.07) is 8.30. The fraction of sp³-hybridized carbons (Fsp3) is 0.0833. The summed E-state index contributed by atoms with van der Waals surface area (Å²) in [4.78, 5) is 21.9. The van der Waals surface area contributed by atoms with Crippen LogP contribution >= 0.6 is 0 Å². The predicted molar refractivity (Wildman–Crippen MR) is 61.2 cm³/mol. The van der Waals surface area contributed by atoms with Crippen molar-refractivity contribution in [1.82, 2.24) is 0 Å². The van der Waals surface area contributed by atoms with Crippen molar-refractivity contribution < 1.29 is 14.7 Å². The summed E-state index contributed by atoms with van der Waals surface area (Å²) in [5, 5.41) is 19.7. The number of carboxylic acid groups (broad SMARTS) is 1. The first-order valence-corrected chi connectivity index (χ1v) is 4.75. The minimum absolute atomic E-state index is 0.0832. The second kappa shape index (κ2) is 5.47. The highest BCUT2D eigenvalue weighted by atomic mass is 16.4. The van der Waals surface area contributed by atoms with Gasteiger partial charge in [-0.25, -0.2) is 4.79 Å². The number of carboxylic acids is 1. The van der Waals surface area contributed by atoms with Crippen molar-refractivity contribution in [3.05, 3.63) is 41.5 Å². The third kappa shape index (κ3) is 3.80. The van der Waals surface area contributed by atoms with Gasteiger partial charge in [0.1, 0.15) is 0 Å². The van der Waals surface area contributed by atoms with Crippen molar-refractivity contribution in [2.75, 3.05) is 5.32 Å². The number of nitrogens with one attached hydrogen (secondary N) is 1. The molecule has 0 radical (unpaired) electrons. The van der Waals surface area contributed by atoms with Crippen molar-refractivity contribution in [1.29, 1.82) is 5.26 Å². The third-order valence-corrected chi connectivity index (χ3v) is 1.95. The second-order valence-electron chi connectivity index (χ2n) is 3.31. The summed E-state index contributed by atoms with van der Waals surface area (Å²) in [6.07, 6.45) is 0.823. The van der Waals surface area contributed by atoms with E-state index in [0.717, 1.165) is 6.08 Å². The molecule has 0 bridgehead atoms. The van der Waals surface area contributed by atoms with Gasteiger partial charge >= 0.3 is 5.97 Å². The Kier molecular flexibility index (Phi) is 4.01. The average molecular weight is 230 g/mol. The van der Waals surface area contributed by atoms with Gasteiger partial charge in [-0.05, 0) is 25.1 Å². The molecule has 17 heavy (non-hydrogen) atoms. The zero-order valence-corrected chi connectivity index (χ0v) is 9.10. The number of benzene rings is 1. The highest BCUT2D eigenvalue weighted by molar-refractivity contribution is 6.06. The Labute approximate surface area is 98.0 Å². The number of anilines is 1. The summed E-state index contributed by atoms with van der Waals surface area (Å²) in [6.45, 7) is 1.40. The van der Waals surface area contributed by atoms with Gasteiger partial charge in [0.15, 0.2) is 0 Å². The van der Waals surface area contributed by atoms with E-state index in [4.69, 9.17) is 10.4 Å². The van der Waals surface area contributed by atoms with Crippen LogP contribution in [0.2, 0.25) is 0 Å². The maximum absolute atomic E-state index is 11.5. The van der Waals surface area contributed by atoms with Crippen molar-refractivity contribution in [2.45, 2.75) is 6.92 Å². The third-order valence-electron chi connectivity index (χ3n) is 1.95. The maximum Gasteiger partial charge on any atom is 0.328 e. The minimum Gasteiger partial charge on any atom is -0.478 e. The van der Waals surface area contributed by atoms with Gasteiger partial charge in [0, 0.05) is 17.3 Å². The van der Waals surface area contributed by atoms with E-state index in [-0.39, 0.29) is 5.57 Å². The van der Waals surface area contributed by atoms with Crippen LogP contribution in [0.4, 0.5) is 5.69 Å². The molecule has 0 heterocycles. The molecule has 0 spiro atoms. The summed E-state index contributed by atoms with van der Waals surface area (Å²) in [5.41, 5.74) is 0.953. The lowest BCUT2D eigenvalue weighted by Crippen LogP contribution is -2.13. The number of carbonyl (C=O) groups is 2. The van der Waals surface area contributed by atoms with Crippen molar-refractivity contribution in [3.63, 3.8) is 0 Å². The molecule has 2 N–H and O–H groups in total. The van der Waals surface area contributed by atoms with Crippen LogP contribution in [-0.2, 0) is 9.59 Å². The highest BCUT2D eigenvalue weighted by Crippen LogP contribution is 2.10. The molecule has 1 amide bonds. The molecular formula is C12H10N2O3. The average Bonchev–Trinajstić information content (AvgIpc) is 2.28. The number of carbonyl (C=O) groups excluding carboxylic acids is 1. The molecule has 0 saturated carbocycles. The fourth-order valence-corrected chi connectivity index (χ4v) is 1.15. The quantitative estimate of drug-likeness (QED) is 0.770. The number of hydrogen-bond acceptors (Lipinski definition) is 3. The number of amides is 1. The van der Waals surface area contributed by atoms with Gasteiger partial charge in [0.25, 0.3) is 5.91 Å². The standard InChI is InChI=1S/C12H10N2O3/c1-8(5-11(15)16)12(17)14-10-4-2-3-9(6-10)7-13/h2-6H,1H3,(H,14,17)(H,15,16)/b8-5+. The molecular weight excluding hydrogens is 220 g/mol. The first-order valence-electron chi connectivity index (χ1n) is 4.75. The molecule has 0 saturated heterocycles. The van der Waals surface area contributed by atoms with Crippen LogP contribution in [0, 0.1) is 11.3 Å². The first-order chi connectivity index (χ1) is 8.02. The van der Waals surface area contributed by atoms with E-state index in [1.54, 1.807) is 18.2 Å². The molecule has 1 rings (SSSR count). The monoisotopic (exact) mass is 230 g/mol. The van der Waals surface area contributed by atoms with E-state index in [2.05, 4.69) is 5.32 Å². The Balaban J connectivity index is 2.82. The van der Waals surface area contributed by atoms with Crippen LogP contribution in [-0.4, -0.2) is 17.0 Å². The lowest BCUT2D eigenvalue weighted by molar-refractivity contribution is -0.131. The van der Waals surface area contributed by atoms with E-state index in [1.807, 2.05) is 6.07 Å². The predicted octanol–water partition coefficient (Wildman–Crippen LogP) is 1.53. The largest absolute Gasteiger partial charge is 0.478 e. The van der Waals surface area contributed by atoms with E-state index in [0.29, 0.717) is 11.3 Å². The van der Waals surface area contributed by atoms with Gasteiger partial charge in [-0.15, -0.1) is 0 Å². The Bertz CT molecular complexity index is 527. The van der Waals surface area contributed by atoms with Gasteiger partial charge in [0.2, 0.25) is 0 Å². The summed E-state index contributed by atoms with van der Waals surface area (Å²) in [7, 11) is 0. The lowest BCUT2D eigenvalue weighted by Gasteiger charge is -2.04. The molecule has 0 fully saturated rings. The molecule has 0 atom stereocenters. The van der Waals surface area contributed by atoms with E-state index in [1.165, 1.54) is 13.0 Å². The van der Waals surface area contributed by atoms with Crippen molar-refractivity contribution >= 4 is 17.6 Å². The molecule has 5 nitrogen and oxygen atoms in total. The van der Waals surface area contributed by atoms with Gasteiger partial charge in [-0.2, -0.15) is 5.26 Å². The van der Waals surface area contributed by atoms with Crippen LogP contribution < -0.4 is 5.32 Å². The van der Waals surface area contributed by atoms with Crippen LogP contribution in [0.25, 0.3) is 0 Å².